The summed E-state index contributed by atoms with van der Waals surface area (Å²) >= 11 is 0. The third kappa shape index (κ3) is 4.29. The normalized spacial score (nSPS) is 29.8. The van der Waals surface area contributed by atoms with E-state index in [0.717, 1.165) is 43.4 Å². The van der Waals surface area contributed by atoms with Crippen LogP contribution in [-0.2, 0) is 0 Å². The first kappa shape index (κ1) is 19.4. The lowest BCUT2D eigenvalue weighted by Crippen LogP contribution is -2.25. The van der Waals surface area contributed by atoms with Gasteiger partial charge in [0.25, 0.3) is 0 Å². The van der Waals surface area contributed by atoms with Crippen LogP contribution in [0.1, 0.15) is 83.1 Å². The zero-order chi connectivity index (χ0) is 18.5. The van der Waals surface area contributed by atoms with E-state index in [0.29, 0.717) is 5.56 Å². The summed E-state index contributed by atoms with van der Waals surface area (Å²) in [6.45, 7) is 4.08. The second-order valence-corrected chi connectivity index (χ2v) is 8.17. The minimum absolute atomic E-state index is 0.0364. The Bertz CT molecular complexity index is 609. The Hall–Kier alpha value is -1.38. The fraction of sp³-hybridized carbons (Fsp3) is 0.652. The Morgan fingerprint density at radius 1 is 0.923 bits per heavy atom. The molecule has 2 aliphatic carbocycles. The standard InChI is InChI=1S/C23H32F2O/c1-3-15-26-21-14-13-20(22(24)23(21)25)19-11-9-18(10-12-19)17-7-5-16(4-2)6-8-17/h3,13-19H,4-12H2,1-2H3. The largest absolute Gasteiger partial charge is 0.462 e. The molecule has 0 bridgehead atoms. The molecule has 0 N–H and O–H groups in total. The van der Waals surface area contributed by atoms with Crippen molar-refractivity contribution in [1.29, 1.82) is 0 Å². The van der Waals surface area contributed by atoms with E-state index in [9.17, 15) is 8.78 Å². The predicted octanol–water partition coefficient (Wildman–Crippen LogP) is 7.37. The number of hydrogen-bond acceptors (Lipinski definition) is 1. The molecule has 0 unspecified atom stereocenters. The van der Waals surface area contributed by atoms with Gasteiger partial charge < -0.3 is 4.74 Å². The highest BCUT2D eigenvalue weighted by Crippen LogP contribution is 2.45. The van der Waals surface area contributed by atoms with Crippen molar-refractivity contribution in [2.24, 2.45) is 17.8 Å². The van der Waals surface area contributed by atoms with Crippen molar-refractivity contribution < 1.29 is 13.5 Å². The van der Waals surface area contributed by atoms with Gasteiger partial charge in [-0.25, -0.2) is 4.39 Å². The fourth-order valence-corrected chi connectivity index (χ4v) is 5.06. The molecule has 3 heteroatoms. The molecule has 2 fully saturated rings. The molecule has 1 aromatic carbocycles. The minimum atomic E-state index is -0.861. The SMILES string of the molecule is CC=COc1ccc(C2CCC(C3CCC(CC)CC3)CC2)c(F)c1F. The van der Waals surface area contributed by atoms with Crippen LogP contribution in [0.3, 0.4) is 0 Å². The molecule has 3 rings (SSSR count). The van der Waals surface area contributed by atoms with Crippen molar-refractivity contribution in [3.63, 3.8) is 0 Å². The molecule has 1 aromatic rings. The van der Waals surface area contributed by atoms with Gasteiger partial charge in [-0.1, -0.05) is 38.3 Å². The van der Waals surface area contributed by atoms with E-state index >= 15 is 0 Å². The lowest BCUT2D eigenvalue weighted by Gasteiger charge is -2.38. The highest BCUT2D eigenvalue weighted by atomic mass is 19.2. The average molecular weight is 363 g/mol. The lowest BCUT2D eigenvalue weighted by molar-refractivity contribution is 0.158. The highest BCUT2D eigenvalue weighted by molar-refractivity contribution is 5.33. The summed E-state index contributed by atoms with van der Waals surface area (Å²) in [5.41, 5.74) is 0.531. The Morgan fingerprint density at radius 2 is 1.54 bits per heavy atom. The molecule has 2 aliphatic rings. The monoisotopic (exact) mass is 362 g/mol. The highest BCUT2D eigenvalue weighted by Gasteiger charge is 2.32. The first-order valence-electron chi connectivity index (χ1n) is 10.4. The number of benzene rings is 1. The Morgan fingerprint density at radius 3 is 2.12 bits per heavy atom. The van der Waals surface area contributed by atoms with Crippen LogP contribution in [0, 0.1) is 29.4 Å². The van der Waals surface area contributed by atoms with Gasteiger partial charge in [0.1, 0.15) is 0 Å². The molecule has 144 valence electrons. The molecular formula is C23H32F2O. The van der Waals surface area contributed by atoms with Crippen LogP contribution in [-0.4, -0.2) is 0 Å². The molecule has 0 amide bonds. The summed E-state index contributed by atoms with van der Waals surface area (Å²) in [6.07, 6.45) is 14.1. The van der Waals surface area contributed by atoms with Gasteiger partial charge in [0.2, 0.25) is 5.82 Å². The van der Waals surface area contributed by atoms with E-state index < -0.39 is 11.6 Å². The van der Waals surface area contributed by atoms with E-state index in [-0.39, 0.29) is 11.7 Å². The molecule has 0 aliphatic heterocycles. The maximum Gasteiger partial charge on any atom is 0.201 e. The van der Waals surface area contributed by atoms with Crippen molar-refractivity contribution in [2.75, 3.05) is 0 Å². The summed E-state index contributed by atoms with van der Waals surface area (Å²) in [5, 5.41) is 0. The smallest absolute Gasteiger partial charge is 0.201 e. The van der Waals surface area contributed by atoms with Crippen molar-refractivity contribution in [2.45, 2.75) is 77.6 Å². The second kappa shape index (κ2) is 9.01. The van der Waals surface area contributed by atoms with Crippen LogP contribution in [0.25, 0.3) is 0 Å². The van der Waals surface area contributed by atoms with Crippen molar-refractivity contribution >= 4 is 0 Å². The van der Waals surface area contributed by atoms with Crippen molar-refractivity contribution in [1.82, 2.24) is 0 Å². The Balaban J connectivity index is 1.59. The van der Waals surface area contributed by atoms with Gasteiger partial charge in [-0.3, -0.25) is 0 Å². The van der Waals surface area contributed by atoms with Gasteiger partial charge in [-0.2, -0.15) is 4.39 Å². The second-order valence-electron chi connectivity index (χ2n) is 8.17. The third-order valence-corrected chi connectivity index (χ3v) is 6.75. The van der Waals surface area contributed by atoms with Gasteiger partial charge in [0.15, 0.2) is 11.6 Å². The minimum Gasteiger partial charge on any atom is -0.462 e. The maximum absolute atomic E-state index is 14.5. The van der Waals surface area contributed by atoms with Crippen molar-refractivity contribution in [3.8, 4) is 5.75 Å². The fourth-order valence-electron chi connectivity index (χ4n) is 5.06. The van der Waals surface area contributed by atoms with E-state index in [2.05, 4.69) is 6.92 Å². The summed E-state index contributed by atoms with van der Waals surface area (Å²) in [7, 11) is 0. The molecule has 0 radical (unpaired) electrons. The van der Waals surface area contributed by atoms with Crippen LogP contribution in [0.15, 0.2) is 24.5 Å². The summed E-state index contributed by atoms with van der Waals surface area (Å²) in [4.78, 5) is 0. The van der Waals surface area contributed by atoms with Crippen LogP contribution in [0.2, 0.25) is 0 Å². The number of ether oxygens (including phenoxy) is 1. The number of halogens is 2. The number of hydrogen-bond donors (Lipinski definition) is 0. The number of allylic oxidation sites excluding steroid dienone is 1. The zero-order valence-electron chi connectivity index (χ0n) is 16.1. The topological polar surface area (TPSA) is 9.23 Å². The molecular weight excluding hydrogens is 330 g/mol. The van der Waals surface area contributed by atoms with Gasteiger partial charge in [-0.05, 0) is 80.8 Å². The maximum atomic E-state index is 14.5. The van der Waals surface area contributed by atoms with Gasteiger partial charge in [-0.15, -0.1) is 0 Å². The Kier molecular flexibility index (Phi) is 6.72. The first-order chi connectivity index (χ1) is 12.6. The Labute approximate surface area is 156 Å². The zero-order valence-corrected chi connectivity index (χ0v) is 16.1. The van der Waals surface area contributed by atoms with E-state index in [1.54, 1.807) is 25.1 Å². The number of rotatable bonds is 5. The van der Waals surface area contributed by atoms with Crippen LogP contribution in [0.4, 0.5) is 8.78 Å². The van der Waals surface area contributed by atoms with Gasteiger partial charge in [0.05, 0.1) is 6.26 Å². The predicted molar refractivity (Wildman–Crippen MR) is 102 cm³/mol. The van der Waals surface area contributed by atoms with Crippen LogP contribution in [0.5, 0.6) is 5.75 Å². The van der Waals surface area contributed by atoms with E-state index in [1.807, 2.05) is 0 Å². The van der Waals surface area contributed by atoms with Crippen LogP contribution >= 0.6 is 0 Å². The first-order valence-corrected chi connectivity index (χ1v) is 10.4. The molecule has 0 aromatic heterocycles. The summed E-state index contributed by atoms with van der Waals surface area (Å²) in [6, 6.07) is 3.28. The molecule has 2 saturated carbocycles. The van der Waals surface area contributed by atoms with E-state index in [1.165, 1.54) is 38.4 Å². The van der Waals surface area contributed by atoms with Gasteiger partial charge in [0, 0.05) is 0 Å². The van der Waals surface area contributed by atoms with Gasteiger partial charge >= 0.3 is 0 Å². The molecule has 1 nitrogen and oxygen atoms in total. The van der Waals surface area contributed by atoms with E-state index in [4.69, 9.17) is 4.74 Å². The molecule has 0 atom stereocenters. The summed E-state index contributed by atoms with van der Waals surface area (Å²) < 4.78 is 33.9. The molecule has 0 spiro atoms. The van der Waals surface area contributed by atoms with Crippen molar-refractivity contribution in [3.05, 3.63) is 41.7 Å². The lowest BCUT2D eigenvalue weighted by atomic mass is 9.68. The molecule has 26 heavy (non-hydrogen) atoms. The third-order valence-electron chi connectivity index (χ3n) is 6.75. The van der Waals surface area contributed by atoms with Crippen LogP contribution < -0.4 is 4.74 Å². The quantitative estimate of drug-likeness (QED) is 0.497. The summed E-state index contributed by atoms with van der Waals surface area (Å²) in [5.74, 6) is 1.10. The average Bonchev–Trinajstić information content (AvgIpc) is 2.69. The molecule has 0 heterocycles. The molecule has 0 saturated heterocycles.